The Balaban J connectivity index is 1.93. The molecule has 2 rings (SSSR count). The number of pyridine rings is 1. The maximum atomic E-state index is 13.6. The number of nitrogens with one attached hydrogen (secondary N) is 1. The quantitative estimate of drug-likeness (QED) is 0.909. The second kappa shape index (κ2) is 6.05. The summed E-state index contributed by atoms with van der Waals surface area (Å²) in [6.45, 7) is 0. The van der Waals surface area contributed by atoms with Gasteiger partial charge in [0.25, 0.3) is 0 Å². The largest absolute Gasteiger partial charge is 0.365 e. The fourth-order valence-electron chi connectivity index (χ4n) is 2.16. The molecule has 0 bridgehead atoms. The molecule has 17 heavy (non-hydrogen) atoms. The summed E-state index contributed by atoms with van der Waals surface area (Å²) in [6.07, 6.45) is 8.40. The first kappa shape index (κ1) is 13.1. The predicted molar refractivity (Wildman–Crippen MR) is 75.1 cm³/mol. The van der Waals surface area contributed by atoms with Crippen molar-refractivity contribution in [3.05, 3.63) is 22.6 Å². The highest BCUT2D eigenvalue weighted by molar-refractivity contribution is 9.10. The van der Waals surface area contributed by atoms with Crippen LogP contribution in [0, 0.1) is 5.82 Å². The number of rotatable bonds is 3. The molecule has 1 N–H and O–H groups in total. The van der Waals surface area contributed by atoms with Gasteiger partial charge in [0.15, 0.2) is 11.6 Å². The first-order valence-corrected chi connectivity index (χ1v) is 7.87. The highest BCUT2D eigenvalue weighted by atomic mass is 79.9. The first-order valence-electron chi connectivity index (χ1n) is 5.79. The van der Waals surface area contributed by atoms with Crippen LogP contribution >= 0.6 is 27.7 Å². The summed E-state index contributed by atoms with van der Waals surface area (Å²) in [7, 11) is 0. The fourth-order valence-corrected chi connectivity index (χ4v) is 3.20. The Hall–Kier alpha value is -0.290. The van der Waals surface area contributed by atoms with E-state index >= 15 is 0 Å². The molecule has 1 saturated carbocycles. The molecule has 0 saturated heterocycles. The molecule has 5 heteroatoms. The summed E-state index contributed by atoms with van der Waals surface area (Å²) in [5.74, 6) is 0.0900. The number of nitrogens with zero attached hydrogens (tertiary/aromatic N) is 1. The van der Waals surface area contributed by atoms with E-state index in [1.54, 1.807) is 6.20 Å². The molecule has 1 aliphatic carbocycles. The molecule has 0 amide bonds. The molecule has 0 spiro atoms. The summed E-state index contributed by atoms with van der Waals surface area (Å²) >= 11 is 5.14. The molecule has 0 aliphatic heterocycles. The molecule has 1 aromatic heterocycles. The van der Waals surface area contributed by atoms with Gasteiger partial charge in [0.05, 0.1) is 0 Å². The Morgan fingerprint density at radius 1 is 1.41 bits per heavy atom. The molecular formula is C12H16BrFN2S. The highest BCUT2D eigenvalue weighted by Crippen LogP contribution is 2.29. The number of thioether (sulfide) groups is 1. The van der Waals surface area contributed by atoms with Crippen LogP contribution in [0.3, 0.4) is 0 Å². The number of halogens is 2. The number of aromatic nitrogens is 1. The Morgan fingerprint density at radius 2 is 2.12 bits per heavy atom. The SMILES string of the molecule is CSC1CCC(Nc2ncc(Br)cc2F)CC1. The monoisotopic (exact) mass is 318 g/mol. The van der Waals surface area contributed by atoms with Gasteiger partial charge < -0.3 is 5.32 Å². The van der Waals surface area contributed by atoms with Crippen molar-refractivity contribution in [1.29, 1.82) is 0 Å². The number of hydrogen-bond donors (Lipinski definition) is 1. The minimum atomic E-state index is -0.286. The molecule has 2 nitrogen and oxygen atoms in total. The average Bonchev–Trinajstić information content (AvgIpc) is 2.34. The van der Waals surface area contributed by atoms with E-state index in [2.05, 4.69) is 32.5 Å². The van der Waals surface area contributed by atoms with Crippen LogP contribution in [0.1, 0.15) is 25.7 Å². The van der Waals surface area contributed by atoms with E-state index in [0.717, 1.165) is 18.1 Å². The van der Waals surface area contributed by atoms with E-state index in [1.807, 2.05) is 11.8 Å². The molecule has 0 atom stereocenters. The van der Waals surface area contributed by atoms with Crippen LogP contribution in [-0.4, -0.2) is 22.5 Å². The third-order valence-corrected chi connectivity index (χ3v) is 4.73. The maximum Gasteiger partial charge on any atom is 0.166 e. The summed E-state index contributed by atoms with van der Waals surface area (Å²) < 4.78 is 14.3. The van der Waals surface area contributed by atoms with E-state index < -0.39 is 0 Å². The van der Waals surface area contributed by atoms with Crippen molar-refractivity contribution < 1.29 is 4.39 Å². The third kappa shape index (κ3) is 3.58. The maximum absolute atomic E-state index is 13.6. The van der Waals surface area contributed by atoms with Crippen LogP contribution in [0.25, 0.3) is 0 Å². The zero-order valence-corrected chi connectivity index (χ0v) is 12.2. The van der Waals surface area contributed by atoms with Crippen LogP contribution in [0.4, 0.5) is 10.2 Å². The van der Waals surface area contributed by atoms with Gasteiger partial charge in [-0.15, -0.1) is 0 Å². The van der Waals surface area contributed by atoms with Crippen molar-refractivity contribution in [2.24, 2.45) is 0 Å². The zero-order chi connectivity index (χ0) is 12.3. The predicted octanol–water partition coefficient (Wildman–Crippen LogP) is 4.07. The minimum Gasteiger partial charge on any atom is -0.365 e. The highest BCUT2D eigenvalue weighted by Gasteiger charge is 2.21. The van der Waals surface area contributed by atoms with Crippen molar-refractivity contribution in [3.8, 4) is 0 Å². The van der Waals surface area contributed by atoms with Gasteiger partial charge in [0.2, 0.25) is 0 Å². The lowest BCUT2D eigenvalue weighted by Gasteiger charge is -2.28. The van der Waals surface area contributed by atoms with Crippen LogP contribution in [-0.2, 0) is 0 Å². The second-order valence-corrected chi connectivity index (χ2v) is 6.39. The van der Waals surface area contributed by atoms with Gasteiger partial charge >= 0.3 is 0 Å². The lowest BCUT2D eigenvalue weighted by Crippen LogP contribution is -2.27. The zero-order valence-electron chi connectivity index (χ0n) is 9.75. The van der Waals surface area contributed by atoms with E-state index in [9.17, 15) is 4.39 Å². The van der Waals surface area contributed by atoms with Crippen molar-refractivity contribution in [2.75, 3.05) is 11.6 Å². The lowest BCUT2D eigenvalue weighted by atomic mass is 9.95. The Bertz CT molecular complexity index is 381. The molecule has 0 radical (unpaired) electrons. The smallest absolute Gasteiger partial charge is 0.166 e. The topological polar surface area (TPSA) is 24.9 Å². The van der Waals surface area contributed by atoms with Gasteiger partial charge in [-0.1, -0.05) is 0 Å². The molecule has 1 heterocycles. The van der Waals surface area contributed by atoms with E-state index in [4.69, 9.17) is 0 Å². The van der Waals surface area contributed by atoms with Crippen LogP contribution < -0.4 is 5.32 Å². The second-order valence-electron chi connectivity index (χ2n) is 4.34. The standard InChI is InChI=1S/C12H16BrFN2S/c1-17-10-4-2-9(3-5-10)16-12-11(14)6-8(13)7-15-12/h6-7,9-10H,2-5H2,1H3,(H,15,16). The minimum absolute atomic E-state index is 0.286. The summed E-state index contributed by atoms with van der Waals surface area (Å²) in [5.41, 5.74) is 0. The molecule has 1 fully saturated rings. The van der Waals surface area contributed by atoms with Gasteiger partial charge in [-0.3, -0.25) is 0 Å². The third-order valence-electron chi connectivity index (χ3n) is 3.16. The van der Waals surface area contributed by atoms with E-state index in [0.29, 0.717) is 16.3 Å². The lowest BCUT2D eigenvalue weighted by molar-refractivity contribution is 0.469. The molecule has 1 aromatic rings. The fraction of sp³-hybridized carbons (Fsp3) is 0.583. The molecule has 1 aliphatic rings. The molecule has 0 aromatic carbocycles. The molecule has 94 valence electrons. The Kier molecular flexibility index (Phi) is 4.68. The van der Waals surface area contributed by atoms with Crippen molar-refractivity contribution in [3.63, 3.8) is 0 Å². The van der Waals surface area contributed by atoms with Gasteiger partial charge in [0.1, 0.15) is 0 Å². The van der Waals surface area contributed by atoms with Crippen molar-refractivity contribution in [1.82, 2.24) is 4.98 Å². The number of anilines is 1. The molecule has 0 unspecified atom stereocenters. The Labute approximate surface area is 114 Å². The van der Waals surface area contributed by atoms with Crippen LogP contribution in [0.15, 0.2) is 16.7 Å². The van der Waals surface area contributed by atoms with Gasteiger partial charge in [-0.05, 0) is 53.9 Å². The van der Waals surface area contributed by atoms with Crippen LogP contribution in [0.2, 0.25) is 0 Å². The van der Waals surface area contributed by atoms with Crippen LogP contribution in [0.5, 0.6) is 0 Å². The van der Waals surface area contributed by atoms with Gasteiger partial charge in [0, 0.05) is 22.0 Å². The first-order chi connectivity index (χ1) is 8.19. The Morgan fingerprint density at radius 3 is 2.71 bits per heavy atom. The van der Waals surface area contributed by atoms with Gasteiger partial charge in [-0.2, -0.15) is 11.8 Å². The van der Waals surface area contributed by atoms with Crippen molar-refractivity contribution >= 4 is 33.5 Å². The van der Waals surface area contributed by atoms with E-state index in [1.165, 1.54) is 18.9 Å². The van der Waals surface area contributed by atoms with Gasteiger partial charge in [-0.25, -0.2) is 9.37 Å². The average molecular weight is 319 g/mol. The summed E-state index contributed by atoms with van der Waals surface area (Å²) in [4.78, 5) is 4.07. The van der Waals surface area contributed by atoms with Crippen molar-refractivity contribution in [2.45, 2.75) is 37.0 Å². The summed E-state index contributed by atoms with van der Waals surface area (Å²) in [5, 5.41) is 3.98. The normalized spacial score (nSPS) is 24.6. The van der Waals surface area contributed by atoms with E-state index in [-0.39, 0.29) is 5.82 Å². The summed E-state index contributed by atoms with van der Waals surface area (Å²) in [6, 6.07) is 1.81. The molecular weight excluding hydrogens is 303 g/mol. The number of hydrogen-bond acceptors (Lipinski definition) is 3.